The van der Waals surface area contributed by atoms with Gasteiger partial charge >= 0.3 is 0 Å². The number of para-hydroxylation sites is 1. The van der Waals surface area contributed by atoms with Crippen molar-refractivity contribution in [1.29, 1.82) is 0 Å². The van der Waals surface area contributed by atoms with Crippen molar-refractivity contribution in [2.24, 2.45) is 0 Å². The zero-order valence-corrected chi connectivity index (χ0v) is 14.5. The van der Waals surface area contributed by atoms with E-state index in [-0.39, 0.29) is 11.7 Å². The summed E-state index contributed by atoms with van der Waals surface area (Å²) in [5.74, 6) is 0.622. The molecule has 2 nitrogen and oxygen atoms in total. The fourth-order valence-electron chi connectivity index (χ4n) is 2.36. The molecule has 0 aliphatic carbocycles. The number of carbonyl (C=O) groups excluding carboxylic acids is 1. The van der Waals surface area contributed by atoms with Crippen LogP contribution in [0.3, 0.4) is 0 Å². The molecule has 0 atom stereocenters. The van der Waals surface area contributed by atoms with Gasteiger partial charge in [0.2, 0.25) is 5.91 Å². The Labute approximate surface area is 141 Å². The van der Waals surface area contributed by atoms with Gasteiger partial charge in [-0.2, -0.15) is 0 Å². The van der Waals surface area contributed by atoms with Crippen LogP contribution in [0.5, 0.6) is 0 Å². The number of benzene rings is 2. The van der Waals surface area contributed by atoms with Crippen LogP contribution in [-0.2, 0) is 4.79 Å². The van der Waals surface area contributed by atoms with E-state index in [9.17, 15) is 9.18 Å². The Balaban J connectivity index is 1.94. The first kappa shape index (κ1) is 17.5. The molecule has 2 rings (SSSR count). The fourth-order valence-corrected chi connectivity index (χ4v) is 3.25. The molecule has 4 heteroatoms. The molecule has 0 unspecified atom stereocenters. The number of thioether (sulfide) groups is 1. The van der Waals surface area contributed by atoms with Crippen LogP contribution in [0, 0.1) is 12.7 Å². The second kappa shape index (κ2) is 8.16. The van der Waals surface area contributed by atoms with Gasteiger partial charge in [0.05, 0.1) is 0 Å². The molecule has 0 spiro atoms. The molecule has 0 heterocycles. The molecule has 122 valence electrons. The van der Waals surface area contributed by atoms with Gasteiger partial charge in [0.25, 0.3) is 0 Å². The zero-order valence-electron chi connectivity index (χ0n) is 13.7. The number of carbonyl (C=O) groups is 1. The molecule has 2 aromatic carbocycles. The lowest BCUT2D eigenvalue weighted by atomic mass is 9.98. The molecule has 0 bridgehead atoms. The highest BCUT2D eigenvalue weighted by atomic mass is 32.2. The third-order valence-corrected chi connectivity index (χ3v) is 4.67. The van der Waals surface area contributed by atoms with Gasteiger partial charge in [-0.15, -0.1) is 11.8 Å². The van der Waals surface area contributed by atoms with Gasteiger partial charge in [-0.25, -0.2) is 4.39 Å². The molecule has 1 amide bonds. The van der Waals surface area contributed by atoms with Crippen molar-refractivity contribution in [3.63, 3.8) is 0 Å². The molecule has 2 aromatic rings. The van der Waals surface area contributed by atoms with Gasteiger partial charge in [-0.1, -0.05) is 44.2 Å². The van der Waals surface area contributed by atoms with Crippen molar-refractivity contribution in [1.82, 2.24) is 0 Å². The molecule has 1 N–H and O–H groups in total. The van der Waals surface area contributed by atoms with Crippen molar-refractivity contribution in [3.8, 4) is 0 Å². The van der Waals surface area contributed by atoms with Crippen molar-refractivity contribution < 1.29 is 9.18 Å². The molecule has 0 saturated carbocycles. The van der Waals surface area contributed by atoms with E-state index in [0.29, 0.717) is 23.0 Å². The summed E-state index contributed by atoms with van der Waals surface area (Å²) in [6.45, 7) is 6.21. The van der Waals surface area contributed by atoms with Gasteiger partial charge in [0.15, 0.2) is 0 Å². The zero-order chi connectivity index (χ0) is 16.8. The summed E-state index contributed by atoms with van der Waals surface area (Å²) in [5, 5.41) is 3.02. The Kier molecular flexibility index (Phi) is 6.22. The largest absolute Gasteiger partial charge is 0.326 e. The van der Waals surface area contributed by atoms with Gasteiger partial charge in [0.1, 0.15) is 5.82 Å². The third-order valence-electron chi connectivity index (χ3n) is 3.61. The topological polar surface area (TPSA) is 29.1 Å². The van der Waals surface area contributed by atoms with Crippen LogP contribution >= 0.6 is 11.8 Å². The summed E-state index contributed by atoms with van der Waals surface area (Å²) in [6.07, 6.45) is 0.352. The van der Waals surface area contributed by atoms with E-state index in [1.54, 1.807) is 18.2 Å². The van der Waals surface area contributed by atoms with Crippen LogP contribution < -0.4 is 5.32 Å². The quantitative estimate of drug-likeness (QED) is 0.720. The Morgan fingerprint density at radius 1 is 1.17 bits per heavy atom. The predicted molar refractivity (Wildman–Crippen MR) is 95.6 cm³/mol. The minimum atomic E-state index is -0.237. The van der Waals surface area contributed by atoms with E-state index >= 15 is 0 Å². The number of anilines is 1. The number of halogens is 1. The second-order valence-corrected chi connectivity index (χ2v) is 6.91. The third kappa shape index (κ3) is 4.83. The van der Waals surface area contributed by atoms with E-state index in [2.05, 4.69) is 19.2 Å². The highest BCUT2D eigenvalue weighted by Crippen LogP contribution is 2.28. The van der Waals surface area contributed by atoms with Gasteiger partial charge in [0, 0.05) is 22.8 Å². The minimum absolute atomic E-state index is 0.0370. The van der Waals surface area contributed by atoms with Crippen molar-refractivity contribution in [3.05, 3.63) is 59.4 Å². The number of hydrogen-bond donors (Lipinski definition) is 1. The molecule has 0 fully saturated rings. The first-order chi connectivity index (χ1) is 11.0. The Morgan fingerprint density at radius 3 is 2.61 bits per heavy atom. The summed E-state index contributed by atoms with van der Waals surface area (Å²) in [6, 6.07) is 12.7. The highest BCUT2D eigenvalue weighted by Gasteiger charge is 2.12. The molecule has 0 aromatic heterocycles. The van der Waals surface area contributed by atoms with Gasteiger partial charge in [-0.3, -0.25) is 4.79 Å². The van der Waals surface area contributed by atoms with Gasteiger partial charge < -0.3 is 5.32 Å². The monoisotopic (exact) mass is 331 g/mol. The first-order valence-electron chi connectivity index (χ1n) is 7.75. The van der Waals surface area contributed by atoms with Crippen molar-refractivity contribution in [2.45, 2.75) is 38.0 Å². The molecule has 0 aliphatic rings. The second-order valence-electron chi connectivity index (χ2n) is 5.77. The van der Waals surface area contributed by atoms with Crippen LogP contribution in [-0.4, -0.2) is 11.7 Å². The molecular formula is C19H22FNOS. The highest BCUT2D eigenvalue weighted by molar-refractivity contribution is 7.99. The van der Waals surface area contributed by atoms with Crippen LogP contribution in [0.15, 0.2) is 47.4 Å². The van der Waals surface area contributed by atoms with Crippen LogP contribution in [0.4, 0.5) is 10.1 Å². The summed E-state index contributed by atoms with van der Waals surface area (Å²) in [4.78, 5) is 12.8. The Morgan fingerprint density at radius 2 is 1.91 bits per heavy atom. The Bertz CT molecular complexity index is 685. The molecule has 0 saturated heterocycles. The lowest BCUT2D eigenvalue weighted by molar-refractivity contribution is -0.115. The van der Waals surface area contributed by atoms with E-state index in [1.807, 2.05) is 25.1 Å². The molecular weight excluding hydrogens is 309 g/mol. The SMILES string of the molecule is Cc1cccc(C(C)C)c1NC(=O)CCSc1ccccc1F. The average Bonchev–Trinajstić information content (AvgIpc) is 2.51. The number of aryl methyl sites for hydroxylation is 1. The maximum Gasteiger partial charge on any atom is 0.225 e. The maximum atomic E-state index is 13.5. The minimum Gasteiger partial charge on any atom is -0.326 e. The summed E-state index contributed by atoms with van der Waals surface area (Å²) >= 11 is 1.36. The first-order valence-corrected chi connectivity index (χ1v) is 8.74. The predicted octanol–water partition coefficient (Wildman–Crippen LogP) is 5.38. The standard InChI is InChI=1S/C19H22FNOS/c1-13(2)15-8-6-7-14(3)19(15)21-18(22)11-12-23-17-10-5-4-9-16(17)20/h4-10,13H,11-12H2,1-3H3,(H,21,22). The number of hydrogen-bond acceptors (Lipinski definition) is 2. The van der Waals surface area contributed by atoms with Crippen LogP contribution in [0.2, 0.25) is 0 Å². The normalized spacial score (nSPS) is 10.8. The van der Waals surface area contributed by atoms with Gasteiger partial charge in [-0.05, 0) is 36.1 Å². The number of rotatable bonds is 6. The summed E-state index contributed by atoms with van der Waals surface area (Å²) in [7, 11) is 0. The summed E-state index contributed by atoms with van der Waals surface area (Å²) < 4.78 is 13.5. The van der Waals surface area contributed by atoms with E-state index in [1.165, 1.54) is 17.8 Å². The lowest BCUT2D eigenvalue weighted by Gasteiger charge is -2.16. The van der Waals surface area contributed by atoms with E-state index < -0.39 is 0 Å². The molecule has 0 aliphatic heterocycles. The van der Waals surface area contributed by atoms with Crippen molar-refractivity contribution >= 4 is 23.4 Å². The summed E-state index contributed by atoms with van der Waals surface area (Å²) in [5.41, 5.74) is 3.11. The van der Waals surface area contributed by atoms with E-state index in [4.69, 9.17) is 0 Å². The number of amides is 1. The molecule has 23 heavy (non-hydrogen) atoms. The maximum absolute atomic E-state index is 13.5. The van der Waals surface area contributed by atoms with Crippen molar-refractivity contribution in [2.75, 3.05) is 11.1 Å². The fraction of sp³-hybridized carbons (Fsp3) is 0.316. The van der Waals surface area contributed by atoms with Crippen LogP contribution in [0.25, 0.3) is 0 Å². The number of nitrogens with one attached hydrogen (secondary N) is 1. The average molecular weight is 331 g/mol. The Hall–Kier alpha value is -1.81. The lowest BCUT2D eigenvalue weighted by Crippen LogP contribution is -2.15. The smallest absolute Gasteiger partial charge is 0.225 e. The van der Waals surface area contributed by atoms with Crippen LogP contribution in [0.1, 0.15) is 37.3 Å². The van der Waals surface area contributed by atoms with E-state index in [0.717, 1.165) is 16.8 Å². The molecule has 0 radical (unpaired) electrons.